The monoisotopic (exact) mass is 366 g/mol. The summed E-state index contributed by atoms with van der Waals surface area (Å²) in [7, 11) is -3.75. The van der Waals surface area contributed by atoms with Gasteiger partial charge in [-0.1, -0.05) is 45.4 Å². The molecule has 0 heterocycles. The SMILES string of the molecule is CCOC(=O)C1C(C)(C)C(=NNS(=O)(=O)c2ccc(C)cc2)C1(C)C. The zero-order valence-corrected chi connectivity index (χ0v) is 16.4. The van der Waals surface area contributed by atoms with Gasteiger partial charge in [-0.05, 0) is 26.0 Å². The van der Waals surface area contributed by atoms with Crippen LogP contribution in [0, 0.1) is 23.7 Å². The number of carbonyl (C=O) groups excluding carboxylic acids is 1. The summed E-state index contributed by atoms with van der Waals surface area (Å²) in [5.41, 5.74) is 0.453. The van der Waals surface area contributed by atoms with Gasteiger partial charge in [-0.3, -0.25) is 4.79 Å². The van der Waals surface area contributed by atoms with Crippen LogP contribution in [0.5, 0.6) is 0 Å². The number of benzene rings is 1. The maximum atomic E-state index is 12.4. The first-order valence-electron chi connectivity index (χ1n) is 8.28. The average molecular weight is 366 g/mol. The van der Waals surface area contributed by atoms with E-state index in [9.17, 15) is 13.2 Å². The number of carbonyl (C=O) groups is 1. The molecule has 1 aliphatic carbocycles. The van der Waals surface area contributed by atoms with Crippen LogP contribution in [0.15, 0.2) is 34.3 Å². The van der Waals surface area contributed by atoms with Gasteiger partial charge in [-0.25, -0.2) is 4.83 Å². The standard InChI is InChI=1S/C18H26N2O4S/c1-7-24-15(21)14-17(3,4)16(18(14,5)6)19-20-25(22,23)13-10-8-12(2)9-11-13/h8-11,14,20H,7H2,1-6H3. The van der Waals surface area contributed by atoms with E-state index in [-0.39, 0.29) is 16.8 Å². The molecule has 2 rings (SSSR count). The van der Waals surface area contributed by atoms with Gasteiger partial charge in [-0.15, -0.1) is 0 Å². The van der Waals surface area contributed by atoms with Crippen molar-refractivity contribution in [1.82, 2.24) is 4.83 Å². The molecule has 25 heavy (non-hydrogen) atoms. The van der Waals surface area contributed by atoms with Gasteiger partial charge in [-0.2, -0.15) is 13.5 Å². The van der Waals surface area contributed by atoms with Gasteiger partial charge < -0.3 is 4.74 Å². The maximum absolute atomic E-state index is 12.4. The lowest BCUT2D eigenvalue weighted by Crippen LogP contribution is -2.64. The van der Waals surface area contributed by atoms with Crippen LogP contribution in [0.1, 0.15) is 40.2 Å². The summed E-state index contributed by atoms with van der Waals surface area (Å²) >= 11 is 0. The van der Waals surface area contributed by atoms with Crippen molar-refractivity contribution in [3.05, 3.63) is 29.8 Å². The third-order valence-electron chi connectivity index (χ3n) is 4.80. The third-order valence-corrected chi connectivity index (χ3v) is 6.02. The average Bonchev–Trinajstić information content (AvgIpc) is 2.46. The Hall–Kier alpha value is -1.89. The van der Waals surface area contributed by atoms with Crippen LogP contribution in [-0.2, 0) is 19.6 Å². The fourth-order valence-corrected chi connectivity index (χ4v) is 4.72. The molecule has 0 radical (unpaired) electrons. The van der Waals surface area contributed by atoms with E-state index in [0.717, 1.165) is 5.56 Å². The highest BCUT2D eigenvalue weighted by Gasteiger charge is 2.63. The van der Waals surface area contributed by atoms with E-state index in [0.29, 0.717) is 12.3 Å². The Morgan fingerprint density at radius 2 is 1.68 bits per heavy atom. The minimum absolute atomic E-state index is 0.152. The molecule has 7 heteroatoms. The molecular formula is C18H26N2O4S. The van der Waals surface area contributed by atoms with Crippen molar-refractivity contribution >= 4 is 21.7 Å². The molecule has 0 bridgehead atoms. The molecule has 0 aromatic heterocycles. The Bertz CT molecular complexity index is 775. The van der Waals surface area contributed by atoms with Crippen molar-refractivity contribution in [2.75, 3.05) is 6.61 Å². The van der Waals surface area contributed by atoms with Crippen molar-refractivity contribution in [2.24, 2.45) is 21.8 Å². The molecule has 0 amide bonds. The van der Waals surface area contributed by atoms with E-state index in [1.165, 1.54) is 12.1 Å². The zero-order chi connectivity index (χ0) is 19.0. The molecule has 0 aliphatic heterocycles. The summed E-state index contributed by atoms with van der Waals surface area (Å²) < 4.78 is 30.0. The molecule has 1 fully saturated rings. The van der Waals surface area contributed by atoms with Crippen LogP contribution in [0.2, 0.25) is 0 Å². The number of hydrazone groups is 1. The number of ether oxygens (including phenoxy) is 1. The second-order valence-corrected chi connectivity index (χ2v) is 9.16. The molecule has 6 nitrogen and oxygen atoms in total. The molecule has 0 saturated heterocycles. The molecule has 0 atom stereocenters. The molecule has 1 aliphatic rings. The first-order chi connectivity index (χ1) is 11.4. The lowest BCUT2D eigenvalue weighted by atomic mass is 9.46. The first-order valence-corrected chi connectivity index (χ1v) is 9.76. The quantitative estimate of drug-likeness (QED) is 0.641. The molecule has 1 saturated carbocycles. The van der Waals surface area contributed by atoms with Crippen molar-refractivity contribution < 1.29 is 17.9 Å². The number of aryl methyl sites for hydroxylation is 1. The summed E-state index contributed by atoms with van der Waals surface area (Å²) in [5.74, 6) is -0.652. The molecule has 1 aromatic carbocycles. The number of hydrogen-bond donors (Lipinski definition) is 1. The molecular weight excluding hydrogens is 340 g/mol. The van der Waals surface area contributed by atoms with Gasteiger partial charge in [0.15, 0.2) is 0 Å². The van der Waals surface area contributed by atoms with E-state index >= 15 is 0 Å². The second kappa shape index (κ2) is 6.44. The highest BCUT2D eigenvalue weighted by Crippen LogP contribution is 2.56. The fourth-order valence-electron chi connectivity index (χ4n) is 3.91. The van der Waals surface area contributed by atoms with Crippen molar-refractivity contribution in [3.8, 4) is 0 Å². The van der Waals surface area contributed by atoms with Crippen LogP contribution in [0.25, 0.3) is 0 Å². The fraction of sp³-hybridized carbons (Fsp3) is 0.556. The van der Waals surface area contributed by atoms with E-state index in [2.05, 4.69) is 9.93 Å². The van der Waals surface area contributed by atoms with Crippen LogP contribution < -0.4 is 4.83 Å². The largest absolute Gasteiger partial charge is 0.466 e. The minimum Gasteiger partial charge on any atom is -0.466 e. The van der Waals surface area contributed by atoms with Crippen molar-refractivity contribution in [1.29, 1.82) is 0 Å². The molecule has 0 spiro atoms. The Balaban J connectivity index is 2.26. The smallest absolute Gasteiger partial charge is 0.310 e. The number of nitrogens with zero attached hydrogens (tertiary/aromatic N) is 1. The molecule has 1 aromatic rings. The summed E-state index contributed by atoms with van der Waals surface area (Å²) in [4.78, 5) is 14.7. The number of nitrogens with one attached hydrogen (secondary N) is 1. The molecule has 138 valence electrons. The van der Waals surface area contributed by atoms with Gasteiger partial charge in [0.25, 0.3) is 10.0 Å². The van der Waals surface area contributed by atoms with Crippen molar-refractivity contribution in [3.63, 3.8) is 0 Å². The summed E-state index contributed by atoms with van der Waals surface area (Å²) in [6.07, 6.45) is 0. The van der Waals surface area contributed by atoms with Crippen LogP contribution in [0.4, 0.5) is 0 Å². The van der Waals surface area contributed by atoms with Crippen LogP contribution in [-0.4, -0.2) is 26.7 Å². The predicted molar refractivity (Wildman–Crippen MR) is 96.6 cm³/mol. The third kappa shape index (κ3) is 3.42. The zero-order valence-electron chi connectivity index (χ0n) is 15.6. The summed E-state index contributed by atoms with van der Waals surface area (Å²) in [6.45, 7) is 11.5. The lowest BCUT2D eigenvalue weighted by molar-refractivity contribution is -0.158. The maximum Gasteiger partial charge on any atom is 0.310 e. The van der Waals surface area contributed by atoms with Gasteiger partial charge in [0.1, 0.15) is 0 Å². The van der Waals surface area contributed by atoms with Gasteiger partial charge >= 0.3 is 5.97 Å². The highest BCUT2D eigenvalue weighted by molar-refractivity contribution is 7.89. The highest BCUT2D eigenvalue weighted by atomic mass is 32.2. The van der Waals surface area contributed by atoms with Crippen molar-refractivity contribution in [2.45, 2.75) is 46.4 Å². The van der Waals surface area contributed by atoms with Gasteiger partial charge in [0, 0.05) is 10.8 Å². The summed E-state index contributed by atoms with van der Waals surface area (Å²) in [5, 5.41) is 4.17. The van der Waals surface area contributed by atoms with Gasteiger partial charge in [0.2, 0.25) is 0 Å². The number of esters is 1. The molecule has 0 unspecified atom stereocenters. The minimum atomic E-state index is -3.75. The van der Waals surface area contributed by atoms with Gasteiger partial charge in [0.05, 0.1) is 23.1 Å². The topological polar surface area (TPSA) is 84.8 Å². The van der Waals surface area contributed by atoms with E-state index in [4.69, 9.17) is 4.74 Å². The summed E-state index contributed by atoms with van der Waals surface area (Å²) in [6, 6.07) is 6.54. The Morgan fingerprint density at radius 3 is 2.16 bits per heavy atom. The van der Waals surface area contributed by atoms with E-state index in [1.54, 1.807) is 19.1 Å². The normalized spacial score (nSPS) is 21.2. The Kier molecular flexibility index (Phi) is 5.01. The Morgan fingerprint density at radius 1 is 1.16 bits per heavy atom. The number of sulfonamides is 1. The molecule has 1 N–H and O–H groups in total. The van der Waals surface area contributed by atoms with E-state index in [1.807, 2.05) is 34.6 Å². The number of rotatable bonds is 5. The Labute approximate surface area is 149 Å². The second-order valence-electron chi connectivity index (χ2n) is 7.50. The lowest BCUT2D eigenvalue weighted by Gasteiger charge is -2.56. The van der Waals surface area contributed by atoms with Crippen LogP contribution >= 0.6 is 0 Å². The number of hydrogen-bond acceptors (Lipinski definition) is 5. The van der Waals surface area contributed by atoms with Crippen LogP contribution in [0.3, 0.4) is 0 Å². The first kappa shape index (κ1) is 19.4. The van der Waals surface area contributed by atoms with E-state index < -0.39 is 20.9 Å². The predicted octanol–water partition coefficient (Wildman–Crippen LogP) is 2.87.